The molecular formula is C13H21NO2. The summed E-state index contributed by atoms with van der Waals surface area (Å²) >= 11 is 0. The van der Waals surface area contributed by atoms with Gasteiger partial charge in [-0.2, -0.15) is 0 Å². The Labute approximate surface area is 97.7 Å². The third-order valence-electron chi connectivity index (χ3n) is 2.84. The number of hydrogen-bond donors (Lipinski definition) is 1. The van der Waals surface area contributed by atoms with Gasteiger partial charge in [-0.15, -0.1) is 0 Å². The van der Waals surface area contributed by atoms with E-state index in [0.717, 1.165) is 11.3 Å². The number of rotatable bonds is 5. The predicted octanol–water partition coefficient (Wildman–Crippen LogP) is 1.93. The van der Waals surface area contributed by atoms with Crippen molar-refractivity contribution in [2.24, 2.45) is 5.92 Å². The Morgan fingerprint density at radius 2 is 1.94 bits per heavy atom. The molecule has 0 aliphatic carbocycles. The highest BCUT2D eigenvalue weighted by molar-refractivity contribution is 5.36. The first-order valence-electron chi connectivity index (χ1n) is 5.52. The zero-order valence-electron chi connectivity index (χ0n) is 10.5. The Balaban J connectivity index is 3.10. The third kappa shape index (κ3) is 2.74. The van der Waals surface area contributed by atoms with Crippen molar-refractivity contribution in [1.82, 2.24) is 4.90 Å². The minimum Gasteiger partial charge on any atom is -0.496 e. The van der Waals surface area contributed by atoms with Gasteiger partial charge in [0.25, 0.3) is 0 Å². The van der Waals surface area contributed by atoms with Crippen LogP contribution in [0.5, 0.6) is 5.75 Å². The van der Waals surface area contributed by atoms with Crippen LogP contribution in [0, 0.1) is 5.92 Å². The van der Waals surface area contributed by atoms with Crippen molar-refractivity contribution in [2.75, 3.05) is 27.8 Å². The van der Waals surface area contributed by atoms with Crippen molar-refractivity contribution in [1.29, 1.82) is 0 Å². The second kappa shape index (κ2) is 5.87. The zero-order chi connectivity index (χ0) is 12.1. The van der Waals surface area contributed by atoms with Gasteiger partial charge in [0.1, 0.15) is 5.75 Å². The number of nitrogens with zero attached hydrogens (tertiary/aromatic N) is 1. The maximum atomic E-state index is 9.31. The van der Waals surface area contributed by atoms with E-state index in [0.29, 0.717) is 0 Å². The van der Waals surface area contributed by atoms with Crippen LogP contribution < -0.4 is 4.74 Å². The summed E-state index contributed by atoms with van der Waals surface area (Å²) in [5.41, 5.74) is 1.12. The monoisotopic (exact) mass is 223 g/mol. The first kappa shape index (κ1) is 13.0. The maximum absolute atomic E-state index is 9.31. The van der Waals surface area contributed by atoms with Crippen molar-refractivity contribution < 1.29 is 9.84 Å². The summed E-state index contributed by atoms with van der Waals surface area (Å²) in [7, 11) is 5.71. The summed E-state index contributed by atoms with van der Waals surface area (Å²) < 4.78 is 5.36. The molecule has 2 unspecified atom stereocenters. The van der Waals surface area contributed by atoms with Gasteiger partial charge in [-0.1, -0.05) is 25.1 Å². The van der Waals surface area contributed by atoms with Crippen LogP contribution in [-0.2, 0) is 0 Å². The van der Waals surface area contributed by atoms with Gasteiger partial charge >= 0.3 is 0 Å². The minimum absolute atomic E-state index is 0.168. The quantitative estimate of drug-likeness (QED) is 0.828. The zero-order valence-corrected chi connectivity index (χ0v) is 10.5. The molecule has 0 fully saturated rings. The standard InChI is InChI=1S/C13H21NO2/c1-10(9-15)13(14(2)3)11-7-5-6-8-12(11)16-4/h5-8,10,13,15H,9H2,1-4H3. The molecule has 2 atom stereocenters. The van der Waals surface area contributed by atoms with Crippen LogP contribution in [0.1, 0.15) is 18.5 Å². The summed E-state index contributed by atoms with van der Waals surface area (Å²) in [5, 5.41) is 9.31. The Hall–Kier alpha value is -1.06. The van der Waals surface area contributed by atoms with Crippen LogP contribution in [0.25, 0.3) is 0 Å². The van der Waals surface area contributed by atoms with Crippen LogP contribution in [0.15, 0.2) is 24.3 Å². The number of hydrogen-bond acceptors (Lipinski definition) is 3. The lowest BCUT2D eigenvalue weighted by molar-refractivity contribution is 0.143. The Morgan fingerprint density at radius 1 is 1.31 bits per heavy atom. The van der Waals surface area contributed by atoms with E-state index >= 15 is 0 Å². The summed E-state index contributed by atoms with van der Waals surface area (Å²) in [6.45, 7) is 2.21. The SMILES string of the molecule is COc1ccccc1C(C(C)CO)N(C)C. The molecule has 0 spiro atoms. The molecule has 3 nitrogen and oxygen atoms in total. The number of ether oxygens (including phenoxy) is 1. The molecule has 0 radical (unpaired) electrons. The molecule has 90 valence electrons. The lowest BCUT2D eigenvalue weighted by atomic mass is 9.93. The second-order valence-electron chi connectivity index (χ2n) is 4.31. The number of para-hydroxylation sites is 1. The Morgan fingerprint density at radius 3 is 2.44 bits per heavy atom. The molecule has 1 aromatic rings. The van der Waals surface area contributed by atoms with Gasteiger partial charge in [0, 0.05) is 18.2 Å². The lowest BCUT2D eigenvalue weighted by Gasteiger charge is -2.30. The van der Waals surface area contributed by atoms with Crippen LogP contribution in [0.3, 0.4) is 0 Å². The van der Waals surface area contributed by atoms with Gasteiger partial charge in [0.2, 0.25) is 0 Å². The second-order valence-corrected chi connectivity index (χ2v) is 4.31. The summed E-state index contributed by atoms with van der Waals surface area (Å²) in [6.07, 6.45) is 0. The van der Waals surface area contributed by atoms with Gasteiger partial charge in [-0.05, 0) is 26.1 Å². The Kier molecular flexibility index (Phi) is 4.77. The molecule has 1 rings (SSSR count). The molecule has 0 saturated heterocycles. The molecule has 0 bridgehead atoms. The summed E-state index contributed by atoms with van der Waals surface area (Å²) in [6, 6.07) is 8.13. The molecule has 1 aromatic carbocycles. The highest BCUT2D eigenvalue weighted by Crippen LogP contribution is 2.32. The molecule has 0 aliphatic heterocycles. The average molecular weight is 223 g/mol. The first-order chi connectivity index (χ1) is 7.61. The van der Waals surface area contributed by atoms with Gasteiger partial charge in [0.05, 0.1) is 7.11 Å². The van der Waals surface area contributed by atoms with Gasteiger partial charge in [0.15, 0.2) is 0 Å². The van der Waals surface area contributed by atoms with Crippen molar-refractivity contribution in [3.05, 3.63) is 29.8 Å². The molecule has 0 amide bonds. The van der Waals surface area contributed by atoms with Crippen molar-refractivity contribution in [2.45, 2.75) is 13.0 Å². The van der Waals surface area contributed by atoms with E-state index in [4.69, 9.17) is 4.74 Å². The first-order valence-corrected chi connectivity index (χ1v) is 5.52. The molecule has 3 heteroatoms. The van der Waals surface area contributed by atoms with Crippen molar-refractivity contribution in [3.8, 4) is 5.75 Å². The molecule has 0 aliphatic rings. The van der Waals surface area contributed by atoms with Gasteiger partial charge < -0.3 is 14.7 Å². The minimum atomic E-state index is 0.168. The molecule has 0 saturated carbocycles. The largest absolute Gasteiger partial charge is 0.496 e. The number of aliphatic hydroxyl groups is 1. The van der Waals surface area contributed by atoms with Crippen LogP contribution >= 0.6 is 0 Å². The fraction of sp³-hybridized carbons (Fsp3) is 0.538. The van der Waals surface area contributed by atoms with E-state index in [-0.39, 0.29) is 18.6 Å². The van der Waals surface area contributed by atoms with E-state index in [1.165, 1.54) is 0 Å². The van der Waals surface area contributed by atoms with Crippen LogP contribution in [-0.4, -0.2) is 37.8 Å². The summed E-state index contributed by atoms with van der Waals surface area (Å²) in [4.78, 5) is 2.11. The fourth-order valence-corrected chi connectivity index (χ4v) is 2.10. The van der Waals surface area contributed by atoms with E-state index in [1.54, 1.807) is 7.11 Å². The smallest absolute Gasteiger partial charge is 0.123 e. The van der Waals surface area contributed by atoms with E-state index in [2.05, 4.69) is 11.0 Å². The normalized spacial score (nSPS) is 14.9. The van der Waals surface area contributed by atoms with Gasteiger partial charge in [-0.25, -0.2) is 0 Å². The number of aliphatic hydroxyl groups excluding tert-OH is 1. The highest BCUT2D eigenvalue weighted by atomic mass is 16.5. The molecule has 0 heterocycles. The number of methoxy groups -OCH3 is 1. The van der Waals surface area contributed by atoms with Crippen molar-refractivity contribution in [3.63, 3.8) is 0 Å². The number of benzene rings is 1. The van der Waals surface area contributed by atoms with E-state index in [9.17, 15) is 5.11 Å². The molecule has 0 aromatic heterocycles. The predicted molar refractivity (Wildman–Crippen MR) is 65.7 cm³/mol. The lowest BCUT2D eigenvalue weighted by Crippen LogP contribution is -2.28. The van der Waals surface area contributed by atoms with Gasteiger partial charge in [-0.3, -0.25) is 0 Å². The van der Waals surface area contributed by atoms with Crippen LogP contribution in [0.4, 0.5) is 0 Å². The van der Waals surface area contributed by atoms with Crippen molar-refractivity contribution >= 4 is 0 Å². The average Bonchev–Trinajstić information content (AvgIpc) is 2.29. The summed E-state index contributed by atoms with van der Waals surface area (Å²) in [5.74, 6) is 1.05. The van der Waals surface area contributed by atoms with E-state index in [1.807, 2.05) is 39.2 Å². The topological polar surface area (TPSA) is 32.7 Å². The van der Waals surface area contributed by atoms with Crippen LogP contribution in [0.2, 0.25) is 0 Å². The molecule has 16 heavy (non-hydrogen) atoms. The Bertz CT molecular complexity index is 325. The third-order valence-corrected chi connectivity index (χ3v) is 2.84. The molecule has 1 N–H and O–H groups in total. The fourth-order valence-electron chi connectivity index (χ4n) is 2.10. The molecular weight excluding hydrogens is 202 g/mol. The maximum Gasteiger partial charge on any atom is 0.123 e. The van der Waals surface area contributed by atoms with E-state index < -0.39 is 0 Å². The highest BCUT2D eigenvalue weighted by Gasteiger charge is 2.23.